The maximum atomic E-state index is 12.9. The molecule has 0 unspecified atom stereocenters. The van der Waals surface area contributed by atoms with E-state index < -0.39 is 32.5 Å². The van der Waals surface area contributed by atoms with E-state index in [0.717, 1.165) is 44.6 Å². The molecule has 0 heterocycles. The van der Waals surface area contributed by atoms with E-state index in [9.17, 15) is 22.6 Å². The number of hydrogen-bond donors (Lipinski definition) is 0. The number of esters is 2. The number of allylic oxidation sites excluding steroid dienone is 2. The van der Waals surface area contributed by atoms with E-state index in [1.165, 1.54) is 141 Å². The topological polar surface area (TPSA) is 110 Å². The summed E-state index contributed by atoms with van der Waals surface area (Å²) in [5.41, 5.74) is -0.885. The van der Waals surface area contributed by atoms with Crippen LogP contribution in [0.25, 0.3) is 0 Å². The van der Waals surface area contributed by atoms with Crippen LogP contribution in [0.3, 0.4) is 0 Å². The predicted octanol–water partition coefficient (Wildman–Crippen LogP) is 9.20. The van der Waals surface area contributed by atoms with Gasteiger partial charge in [-0.25, -0.2) is 18.0 Å². The summed E-state index contributed by atoms with van der Waals surface area (Å²) >= 11 is 0. The third-order valence-corrected chi connectivity index (χ3v) is 10.0. The molecule has 1 aromatic carbocycles. The summed E-state index contributed by atoms with van der Waals surface area (Å²) in [6, 6.07) is 3.52. The van der Waals surface area contributed by atoms with Crippen molar-refractivity contribution in [1.82, 2.24) is 0 Å². The first-order valence-corrected chi connectivity index (χ1v) is 21.5. The van der Waals surface area contributed by atoms with Gasteiger partial charge in [0.1, 0.15) is 23.3 Å². The van der Waals surface area contributed by atoms with Crippen LogP contribution in [0.2, 0.25) is 0 Å². The molecule has 0 aliphatic rings. The first-order valence-electron chi connectivity index (χ1n) is 20.1. The van der Waals surface area contributed by atoms with Crippen LogP contribution in [-0.4, -0.2) is 38.1 Å². The van der Waals surface area contributed by atoms with E-state index in [-0.39, 0.29) is 70.2 Å². The van der Waals surface area contributed by atoms with Crippen molar-refractivity contribution in [2.45, 2.75) is 186 Å². The molecule has 51 heavy (non-hydrogen) atoms. The smallest absolute Gasteiger partial charge is 0.744 e. The Bertz CT molecular complexity index is 1180. The normalized spacial score (nSPS) is 11.7. The van der Waals surface area contributed by atoms with Crippen LogP contribution in [0, 0.1) is 0 Å². The maximum absolute atomic E-state index is 12.9. The molecule has 0 saturated carbocycles. The van der Waals surface area contributed by atoms with E-state index in [1.807, 2.05) is 12.2 Å². The van der Waals surface area contributed by atoms with Crippen molar-refractivity contribution in [3.05, 3.63) is 53.6 Å². The molecule has 0 aromatic heterocycles. The van der Waals surface area contributed by atoms with Crippen LogP contribution in [0.5, 0.6) is 0 Å². The second-order valence-corrected chi connectivity index (χ2v) is 15.0. The molecule has 0 aliphatic carbocycles. The van der Waals surface area contributed by atoms with Crippen LogP contribution >= 0.6 is 0 Å². The third-order valence-electron chi connectivity index (χ3n) is 9.12. The van der Waals surface area contributed by atoms with Crippen molar-refractivity contribution in [1.29, 1.82) is 0 Å². The summed E-state index contributed by atoms with van der Waals surface area (Å²) in [4.78, 5) is 25.0. The van der Waals surface area contributed by atoms with Gasteiger partial charge >= 0.3 is 63.3 Å². The molecule has 0 spiro atoms. The first kappa shape index (κ1) is 50.2. The Kier molecular flexibility index (Phi) is 34.4. The quantitative estimate of drug-likeness (QED) is 0.0231. The van der Waals surface area contributed by atoms with Gasteiger partial charge in [0.25, 0.3) is 0 Å². The minimum absolute atomic E-state index is 0. The van der Waals surface area contributed by atoms with Crippen LogP contribution < -0.4 is 51.4 Å². The summed E-state index contributed by atoms with van der Waals surface area (Å²) in [5, 5.41) is 0. The van der Waals surface area contributed by atoms with Gasteiger partial charge in [0.05, 0.1) is 16.0 Å². The molecule has 0 saturated heterocycles. The SMILES string of the molecule is CCCCCCCCCCCCCC/C=C/COC(=O)c1cccc(S(=O)(=O)[O-])c1C(=O)OC/C=C/CCCCCCCCCCCCCC.[K+]. The van der Waals surface area contributed by atoms with E-state index in [0.29, 0.717) is 0 Å². The molecule has 1 aromatic rings. The van der Waals surface area contributed by atoms with E-state index in [2.05, 4.69) is 13.8 Å². The van der Waals surface area contributed by atoms with Crippen LogP contribution in [-0.2, 0) is 19.6 Å². The van der Waals surface area contributed by atoms with E-state index in [1.54, 1.807) is 12.2 Å². The standard InChI is InChI=1S/C42H70O7S.K/c1-3-5-7-9-11-13-15-17-19-21-23-25-27-29-31-36-48-41(43)38-34-33-35-39(50(45,46)47)40(38)42(44)49-37-32-30-28-26-24-22-20-18-16-14-12-10-8-6-4-2;/h29-35H,3-28,36-37H2,1-2H3,(H,45,46,47);/q;+1/p-1/b31-29+,32-30+;. The van der Waals surface area contributed by atoms with Crippen molar-refractivity contribution in [3.8, 4) is 0 Å². The third kappa shape index (κ3) is 27.4. The first-order chi connectivity index (χ1) is 24.3. The minimum atomic E-state index is -5.04. The van der Waals surface area contributed by atoms with Crippen LogP contribution in [0.4, 0.5) is 0 Å². The van der Waals surface area contributed by atoms with Crippen molar-refractivity contribution in [2.24, 2.45) is 0 Å². The van der Waals surface area contributed by atoms with E-state index in [4.69, 9.17) is 9.47 Å². The summed E-state index contributed by atoms with van der Waals surface area (Å²) in [5.74, 6) is -1.94. The van der Waals surface area contributed by atoms with Gasteiger partial charge in [-0.05, 0) is 37.8 Å². The van der Waals surface area contributed by atoms with Gasteiger partial charge < -0.3 is 14.0 Å². The fourth-order valence-electron chi connectivity index (χ4n) is 6.10. The molecule has 0 bridgehead atoms. The predicted molar refractivity (Wildman–Crippen MR) is 205 cm³/mol. The molecule has 9 heteroatoms. The van der Waals surface area contributed by atoms with Crippen LogP contribution in [0.15, 0.2) is 47.4 Å². The summed E-state index contributed by atoms with van der Waals surface area (Å²) in [6.07, 6.45) is 39.9. The molecule has 0 radical (unpaired) electrons. The molecule has 7 nitrogen and oxygen atoms in total. The number of carbonyl (C=O) groups excluding carboxylic acids is 2. The fraction of sp³-hybridized carbons (Fsp3) is 0.714. The number of hydrogen-bond acceptors (Lipinski definition) is 7. The Hall–Kier alpha value is -0.814. The molecule has 0 aliphatic heterocycles. The van der Waals surface area contributed by atoms with Gasteiger partial charge in [0, 0.05) is 0 Å². The molecule has 1 rings (SSSR count). The number of benzene rings is 1. The summed E-state index contributed by atoms with van der Waals surface area (Å²) in [7, 11) is -5.04. The monoisotopic (exact) mass is 756 g/mol. The van der Waals surface area contributed by atoms with Crippen LogP contribution in [0.1, 0.15) is 202 Å². The van der Waals surface area contributed by atoms with Gasteiger partial charge in [0.2, 0.25) is 0 Å². The van der Waals surface area contributed by atoms with Crippen molar-refractivity contribution < 1.29 is 83.4 Å². The Balaban J connectivity index is 0.0000250. The Morgan fingerprint density at radius 3 is 1.27 bits per heavy atom. The average Bonchev–Trinajstić information content (AvgIpc) is 3.10. The minimum Gasteiger partial charge on any atom is -0.744 e. The molecule has 0 N–H and O–H groups in total. The Labute approximate surface area is 354 Å². The molecule has 286 valence electrons. The van der Waals surface area contributed by atoms with E-state index >= 15 is 0 Å². The summed E-state index contributed by atoms with van der Waals surface area (Å²) in [6.45, 7) is 4.37. The van der Waals surface area contributed by atoms with Gasteiger partial charge in [-0.1, -0.05) is 185 Å². The largest absolute Gasteiger partial charge is 1.00 e. The zero-order chi connectivity index (χ0) is 36.5. The van der Waals surface area contributed by atoms with Gasteiger partial charge in [0.15, 0.2) is 0 Å². The Morgan fingerprint density at radius 1 is 0.549 bits per heavy atom. The Morgan fingerprint density at radius 2 is 0.902 bits per heavy atom. The zero-order valence-corrected chi connectivity index (χ0v) is 36.5. The number of rotatable bonds is 33. The van der Waals surface area contributed by atoms with Crippen molar-refractivity contribution in [3.63, 3.8) is 0 Å². The second kappa shape index (κ2) is 34.9. The second-order valence-electron chi connectivity index (χ2n) is 13.6. The number of carbonyl (C=O) groups is 2. The maximum Gasteiger partial charge on any atom is 1.00 e. The molecule has 0 atom stereocenters. The van der Waals surface area contributed by atoms with Gasteiger partial charge in [-0.2, -0.15) is 0 Å². The zero-order valence-electron chi connectivity index (χ0n) is 32.6. The fourth-order valence-corrected chi connectivity index (χ4v) is 6.78. The van der Waals surface area contributed by atoms with Crippen molar-refractivity contribution in [2.75, 3.05) is 13.2 Å². The average molecular weight is 757 g/mol. The van der Waals surface area contributed by atoms with Gasteiger partial charge in [-0.15, -0.1) is 0 Å². The number of unbranched alkanes of at least 4 members (excludes halogenated alkanes) is 24. The number of ether oxygens (including phenoxy) is 2. The molecular weight excluding hydrogens is 688 g/mol. The molecular formula is C42H69KO7S. The summed E-state index contributed by atoms with van der Waals surface area (Å²) < 4.78 is 46.3. The van der Waals surface area contributed by atoms with Crippen molar-refractivity contribution >= 4 is 22.1 Å². The molecule has 0 fully saturated rings. The van der Waals surface area contributed by atoms with Gasteiger partial charge in [-0.3, -0.25) is 0 Å². The molecule has 0 amide bonds.